The van der Waals surface area contributed by atoms with Crippen LogP contribution in [0.1, 0.15) is 0 Å². The first-order chi connectivity index (χ1) is 23.7. The molecule has 0 saturated carbocycles. The van der Waals surface area contributed by atoms with E-state index in [1.807, 2.05) is 78.9 Å². The molecule has 1 aliphatic rings. The molecular formula is C42H25ClN2O3. The summed E-state index contributed by atoms with van der Waals surface area (Å²) < 4.78 is 21.5. The number of aromatic nitrogens is 1. The third-order valence-corrected chi connectivity index (χ3v) is 9.29. The van der Waals surface area contributed by atoms with Crippen LogP contribution in [0.25, 0.3) is 49.4 Å². The second-order valence-electron chi connectivity index (χ2n) is 11.9. The Morgan fingerprint density at radius 3 is 1.98 bits per heavy atom. The van der Waals surface area contributed by atoms with E-state index >= 15 is 0 Å². The van der Waals surface area contributed by atoms with Gasteiger partial charge in [0.15, 0.2) is 28.6 Å². The lowest BCUT2D eigenvalue weighted by Crippen LogP contribution is -2.11. The van der Waals surface area contributed by atoms with Crippen LogP contribution in [0.3, 0.4) is 0 Å². The Kier molecular flexibility index (Phi) is 5.86. The van der Waals surface area contributed by atoms with Gasteiger partial charge in [0.1, 0.15) is 5.58 Å². The summed E-state index contributed by atoms with van der Waals surface area (Å²) in [6.45, 7) is 0. The van der Waals surface area contributed by atoms with Crippen molar-refractivity contribution in [2.75, 3.05) is 4.90 Å². The minimum Gasteiger partial charge on any atom is -0.454 e. The van der Waals surface area contributed by atoms with Gasteiger partial charge in [0.05, 0.1) is 22.4 Å². The van der Waals surface area contributed by atoms with Crippen LogP contribution in [0.15, 0.2) is 156 Å². The summed E-state index contributed by atoms with van der Waals surface area (Å²) in [5.74, 6) is 2.63. The lowest BCUT2D eigenvalue weighted by molar-refractivity contribution is 0.360. The molecule has 1 aliphatic heterocycles. The standard InChI is InChI=1S/C42H25ClN2O3/c43-26-22-33-32-13-5-7-15-37(32)48-42(33)36(23-26)44(29-19-21-40-41(25-29)47-39-17-9-8-16-38(39)46-40)28-18-20-31-30-12-4-6-14-34(30)45(35(31)24-28)27-10-2-1-3-11-27/h1-25H. The number of hydrogen-bond donors (Lipinski definition) is 0. The van der Waals surface area contributed by atoms with E-state index in [1.54, 1.807) is 0 Å². The highest BCUT2D eigenvalue weighted by atomic mass is 35.5. The number of furan rings is 1. The Hall–Kier alpha value is -6.17. The van der Waals surface area contributed by atoms with Gasteiger partial charge in [-0.3, -0.25) is 0 Å². The van der Waals surface area contributed by atoms with Gasteiger partial charge >= 0.3 is 0 Å². The Balaban J connectivity index is 1.25. The van der Waals surface area contributed by atoms with Gasteiger partial charge in [-0.25, -0.2) is 0 Å². The highest BCUT2D eigenvalue weighted by molar-refractivity contribution is 6.32. The van der Waals surface area contributed by atoms with Crippen LogP contribution in [-0.4, -0.2) is 4.57 Å². The van der Waals surface area contributed by atoms with Gasteiger partial charge < -0.3 is 23.4 Å². The molecule has 228 valence electrons. The SMILES string of the molecule is Clc1cc(N(c2ccc3c(c2)Oc2ccccc2O3)c2ccc3c4ccccc4n(-c4ccccc4)c3c2)c2oc3ccccc3c2c1. The zero-order valence-electron chi connectivity index (χ0n) is 25.4. The molecule has 10 rings (SSSR count). The average molecular weight is 641 g/mol. The highest BCUT2D eigenvalue weighted by Gasteiger charge is 2.25. The lowest BCUT2D eigenvalue weighted by atomic mass is 10.1. The fourth-order valence-corrected chi connectivity index (χ4v) is 7.19. The first kappa shape index (κ1) is 27.0. The maximum atomic E-state index is 6.91. The number of rotatable bonds is 4. The maximum absolute atomic E-state index is 6.91. The van der Waals surface area contributed by atoms with Crippen LogP contribution >= 0.6 is 11.6 Å². The van der Waals surface area contributed by atoms with Gasteiger partial charge in [-0.05, 0) is 72.8 Å². The topological polar surface area (TPSA) is 39.8 Å². The fourth-order valence-electron chi connectivity index (χ4n) is 6.98. The molecule has 9 aromatic rings. The Morgan fingerprint density at radius 2 is 1.12 bits per heavy atom. The van der Waals surface area contributed by atoms with Gasteiger partial charge in [0, 0.05) is 44.0 Å². The van der Waals surface area contributed by atoms with Crippen molar-refractivity contribution in [1.82, 2.24) is 4.57 Å². The third kappa shape index (κ3) is 4.11. The van der Waals surface area contributed by atoms with Crippen LogP contribution in [0.4, 0.5) is 17.1 Å². The zero-order valence-corrected chi connectivity index (χ0v) is 26.2. The molecule has 0 bridgehead atoms. The van der Waals surface area contributed by atoms with Crippen molar-refractivity contribution in [3.05, 3.63) is 157 Å². The Morgan fingerprint density at radius 1 is 0.479 bits per heavy atom. The minimum atomic E-state index is 0.611. The molecule has 0 unspecified atom stereocenters. The van der Waals surface area contributed by atoms with E-state index in [1.165, 1.54) is 5.39 Å². The molecule has 0 saturated heterocycles. The van der Waals surface area contributed by atoms with Crippen molar-refractivity contribution in [2.24, 2.45) is 0 Å². The number of ether oxygens (including phenoxy) is 2. The lowest BCUT2D eigenvalue weighted by Gasteiger charge is -2.28. The van der Waals surface area contributed by atoms with Crippen LogP contribution in [0.5, 0.6) is 23.0 Å². The fraction of sp³-hybridized carbons (Fsp3) is 0. The van der Waals surface area contributed by atoms with Crippen LogP contribution in [-0.2, 0) is 0 Å². The van der Waals surface area contributed by atoms with Crippen LogP contribution in [0, 0.1) is 0 Å². The van der Waals surface area contributed by atoms with E-state index in [2.05, 4.69) is 82.3 Å². The summed E-state index contributed by atoms with van der Waals surface area (Å²) in [4.78, 5) is 2.19. The van der Waals surface area contributed by atoms with Crippen LogP contribution < -0.4 is 14.4 Å². The zero-order chi connectivity index (χ0) is 31.8. The first-order valence-electron chi connectivity index (χ1n) is 15.8. The second-order valence-corrected chi connectivity index (χ2v) is 12.3. The quantitative estimate of drug-likeness (QED) is 0.192. The van der Waals surface area contributed by atoms with Gasteiger partial charge in [0.25, 0.3) is 0 Å². The van der Waals surface area contributed by atoms with Gasteiger partial charge in [0.2, 0.25) is 0 Å². The molecule has 0 aliphatic carbocycles. The number of hydrogen-bond acceptors (Lipinski definition) is 4. The van der Waals surface area contributed by atoms with Gasteiger partial charge in [-0.15, -0.1) is 0 Å². The molecule has 0 atom stereocenters. The van der Waals surface area contributed by atoms with Crippen molar-refractivity contribution in [1.29, 1.82) is 0 Å². The normalized spacial score (nSPS) is 12.2. The Bertz CT molecular complexity index is 2710. The summed E-state index contributed by atoms with van der Waals surface area (Å²) >= 11 is 6.91. The van der Waals surface area contributed by atoms with Crippen molar-refractivity contribution < 1.29 is 13.9 Å². The molecular weight excluding hydrogens is 616 g/mol. The number of nitrogens with zero attached hydrogens (tertiary/aromatic N) is 2. The highest BCUT2D eigenvalue weighted by Crippen LogP contribution is 2.50. The van der Waals surface area contributed by atoms with E-state index < -0.39 is 0 Å². The molecule has 3 heterocycles. The van der Waals surface area contributed by atoms with Crippen molar-refractivity contribution in [3.63, 3.8) is 0 Å². The number of benzene rings is 7. The minimum absolute atomic E-state index is 0.611. The molecule has 0 fully saturated rings. The summed E-state index contributed by atoms with van der Waals surface area (Å²) in [5, 5.41) is 4.92. The number of anilines is 3. The molecule has 0 radical (unpaired) electrons. The van der Waals surface area contributed by atoms with E-state index in [4.69, 9.17) is 25.5 Å². The number of fused-ring (bicyclic) bond motifs is 8. The van der Waals surface area contributed by atoms with E-state index in [9.17, 15) is 0 Å². The number of para-hydroxylation sites is 5. The molecule has 0 amide bonds. The van der Waals surface area contributed by atoms with Gasteiger partial charge in [-0.1, -0.05) is 84.4 Å². The predicted molar refractivity (Wildman–Crippen MR) is 194 cm³/mol. The molecule has 6 heteroatoms. The van der Waals surface area contributed by atoms with E-state index in [-0.39, 0.29) is 0 Å². The molecule has 5 nitrogen and oxygen atoms in total. The van der Waals surface area contributed by atoms with Crippen molar-refractivity contribution >= 4 is 72.4 Å². The first-order valence-corrected chi connectivity index (χ1v) is 16.2. The second kappa shape index (κ2) is 10.4. The largest absolute Gasteiger partial charge is 0.454 e. The van der Waals surface area contributed by atoms with Crippen molar-refractivity contribution in [2.45, 2.75) is 0 Å². The van der Waals surface area contributed by atoms with E-state index in [0.29, 0.717) is 28.0 Å². The summed E-state index contributed by atoms with van der Waals surface area (Å²) in [5.41, 5.74) is 7.47. The molecule has 7 aromatic carbocycles. The monoisotopic (exact) mass is 640 g/mol. The summed E-state index contributed by atoms with van der Waals surface area (Å²) in [7, 11) is 0. The predicted octanol–water partition coefficient (Wildman–Crippen LogP) is 12.7. The average Bonchev–Trinajstić information content (AvgIpc) is 3.67. The van der Waals surface area contributed by atoms with Gasteiger partial charge in [-0.2, -0.15) is 0 Å². The summed E-state index contributed by atoms with van der Waals surface area (Å²) in [6, 6.07) is 51.3. The molecule has 0 N–H and O–H groups in total. The number of halogens is 1. The smallest absolute Gasteiger partial charge is 0.172 e. The van der Waals surface area contributed by atoms with Crippen molar-refractivity contribution in [3.8, 4) is 28.7 Å². The van der Waals surface area contributed by atoms with Crippen LogP contribution in [0.2, 0.25) is 5.02 Å². The van der Waals surface area contributed by atoms with E-state index in [0.717, 1.165) is 61.1 Å². The molecule has 2 aromatic heterocycles. The Labute approximate surface area is 280 Å². The maximum Gasteiger partial charge on any atom is 0.172 e. The molecule has 0 spiro atoms. The summed E-state index contributed by atoms with van der Waals surface area (Å²) in [6.07, 6.45) is 0. The third-order valence-electron chi connectivity index (χ3n) is 9.07. The molecule has 48 heavy (non-hydrogen) atoms.